The summed E-state index contributed by atoms with van der Waals surface area (Å²) in [7, 11) is 1.72. The molecular formula is C24H24N6O2. The van der Waals surface area contributed by atoms with Crippen molar-refractivity contribution in [3.05, 3.63) is 69.6 Å². The number of aromatic nitrogens is 3. The highest BCUT2D eigenvalue weighted by molar-refractivity contribution is 5.94. The molecule has 0 aliphatic carbocycles. The first-order valence-corrected chi connectivity index (χ1v) is 10.8. The molecule has 5 rings (SSSR count). The number of hydrogen-bond donors (Lipinski definition) is 1. The van der Waals surface area contributed by atoms with Crippen molar-refractivity contribution in [1.82, 2.24) is 14.1 Å². The van der Waals surface area contributed by atoms with Crippen LogP contribution in [0.4, 0.5) is 11.4 Å². The fraction of sp³-hybridized carbons (Fsp3) is 0.292. The summed E-state index contributed by atoms with van der Waals surface area (Å²) in [5.41, 5.74) is 3.14. The summed E-state index contributed by atoms with van der Waals surface area (Å²) in [4.78, 5) is 31.7. The maximum absolute atomic E-state index is 13.2. The van der Waals surface area contributed by atoms with E-state index in [1.54, 1.807) is 22.4 Å². The van der Waals surface area contributed by atoms with E-state index in [0.717, 1.165) is 47.9 Å². The summed E-state index contributed by atoms with van der Waals surface area (Å²) in [5, 5.41) is 12.7. The summed E-state index contributed by atoms with van der Waals surface area (Å²) < 4.78 is 3.23. The second-order valence-corrected chi connectivity index (χ2v) is 8.33. The van der Waals surface area contributed by atoms with Crippen LogP contribution in [-0.4, -0.2) is 33.4 Å². The molecule has 0 amide bonds. The fourth-order valence-corrected chi connectivity index (χ4v) is 4.78. The molecule has 0 bridgehead atoms. The lowest BCUT2D eigenvalue weighted by atomic mass is 9.99. The quantitative estimate of drug-likeness (QED) is 0.381. The van der Waals surface area contributed by atoms with Gasteiger partial charge in [0.1, 0.15) is 11.2 Å². The molecular weight excluding hydrogens is 404 g/mol. The molecule has 1 unspecified atom stereocenters. The molecule has 0 spiro atoms. The van der Waals surface area contributed by atoms with Crippen molar-refractivity contribution < 1.29 is 0 Å². The Morgan fingerprint density at radius 3 is 2.88 bits per heavy atom. The Morgan fingerprint density at radius 1 is 1.22 bits per heavy atom. The molecule has 2 aromatic carbocycles. The number of aryl methyl sites for hydroxylation is 1. The number of piperidine rings is 1. The van der Waals surface area contributed by atoms with E-state index in [1.807, 2.05) is 42.5 Å². The average molecular weight is 428 g/mol. The van der Waals surface area contributed by atoms with Crippen LogP contribution in [0.2, 0.25) is 0 Å². The number of imidazole rings is 1. The van der Waals surface area contributed by atoms with Gasteiger partial charge in [-0.05, 0) is 29.5 Å². The zero-order valence-corrected chi connectivity index (χ0v) is 17.9. The third kappa shape index (κ3) is 3.19. The maximum Gasteiger partial charge on any atom is 0.330 e. The van der Waals surface area contributed by atoms with Gasteiger partial charge >= 0.3 is 5.69 Å². The van der Waals surface area contributed by atoms with E-state index in [9.17, 15) is 9.70 Å². The van der Waals surface area contributed by atoms with Gasteiger partial charge in [0, 0.05) is 49.4 Å². The van der Waals surface area contributed by atoms with Gasteiger partial charge in [0.2, 0.25) is 0 Å². The van der Waals surface area contributed by atoms with Gasteiger partial charge in [-0.15, -0.1) is 4.91 Å². The number of nitroso groups, excluding NO2 is 1. The first-order chi connectivity index (χ1) is 15.6. The van der Waals surface area contributed by atoms with Crippen molar-refractivity contribution >= 4 is 39.5 Å². The van der Waals surface area contributed by atoms with Crippen molar-refractivity contribution in [3.63, 3.8) is 0 Å². The molecule has 1 saturated heterocycles. The van der Waals surface area contributed by atoms with E-state index in [0.29, 0.717) is 16.9 Å². The average Bonchev–Trinajstić information content (AvgIpc) is 3.08. The summed E-state index contributed by atoms with van der Waals surface area (Å²) in [6.45, 7) is 1.83. The van der Waals surface area contributed by atoms with Crippen LogP contribution in [0.5, 0.6) is 0 Å². The van der Waals surface area contributed by atoms with Gasteiger partial charge in [-0.1, -0.05) is 36.4 Å². The van der Waals surface area contributed by atoms with Gasteiger partial charge in [-0.25, -0.2) is 9.78 Å². The smallest absolute Gasteiger partial charge is 0.330 e. The lowest BCUT2D eigenvalue weighted by molar-refractivity contribution is 0.513. The second-order valence-electron chi connectivity index (χ2n) is 8.33. The molecule has 1 fully saturated rings. The minimum atomic E-state index is -0.189. The number of fused-ring (bicyclic) bond motifs is 2. The zero-order chi connectivity index (χ0) is 22.2. The monoisotopic (exact) mass is 428 g/mol. The summed E-state index contributed by atoms with van der Waals surface area (Å²) >= 11 is 0. The minimum Gasteiger partial charge on any atom is -0.369 e. The Hall–Kier alpha value is -3.81. The van der Waals surface area contributed by atoms with Crippen LogP contribution in [0.15, 0.2) is 58.6 Å². The van der Waals surface area contributed by atoms with Crippen LogP contribution in [0, 0.1) is 16.2 Å². The largest absolute Gasteiger partial charge is 0.369 e. The zero-order valence-electron chi connectivity index (χ0n) is 17.9. The third-order valence-corrected chi connectivity index (χ3v) is 6.43. The highest BCUT2D eigenvalue weighted by atomic mass is 16.3. The maximum atomic E-state index is 13.2. The van der Waals surface area contributed by atoms with Crippen molar-refractivity contribution in [3.8, 4) is 0 Å². The molecule has 0 saturated carbocycles. The lowest BCUT2D eigenvalue weighted by Gasteiger charge is -2.33. The van der Waals surface area contributed by atoms with Crippen LogP contribution in [0.3, 0.4) is 0 Å². The number of hydrogen-bond acceptors (Lipinski definition) is 6. The highest BCUT2D eigenvalue weighted by Crippen LogP contribution is 2.33. The molecule has 8 nitrogen and oxygen atoms in total. The third-order valence-electron chi connectivity index (χ3n) is 6.43. The molecule has 3 heterocycles. The van der Waals surface area contributed by atoms with Gasteiger partial charge in [-0.2, -0.15) is 0 Å². The molecule has 1 atom stereocenters. The van der Waals surface area contributed by atoms with E-state index in [1.165, 1.54) is 6.21 Å². The van der Waals surface area contributed by atoms with Crippen molar-refractivity contribution in [2.45, 2.75) is 19.4 Å². The van der Waals surface area contributed by atoms with E-state index >= 15 is 0 Å². The Bertz CT molecular complexity index is 1400. The summed E-state index contributed by atoms with van der Waals surface area (Å²) in [6, 6.07) is 13.4. The van der Waals surface area contributed by atoms with Crippen LogP contribution in [0.1, 0.15) is 18.4 Å². The SMILES string of the molecule is Cn1c(=O)n(Cc2ccc3ccccc3c2N=O)c2c(N3CCCC(C=N)C3)ccnc21. The Morgan fingerprint density at radius 2 is 2.06 bits per heavy atom. The first-order valence-electron chi connectivity index (χ1n) is 10.8. The number of anilines is 1. The Balaban J connectivity index is 1.68. The normalized spacial score (nSPS) is 16.5. The van der Waals surface area contributed by atoms with Gasteiger partial charge in [0.05, 0.1) is 12.2 Å². The second kappa shape index (κ2) is 8.03. The van der Waals surface area contributed by atoms with E-state index in [-0.39, 0.29) is 18.2 Å². The Labute approximate surface area is 184 Å². The lowest BCUT2D eigenvalue weighted by Crippen LogP contribution is -2.36. The van der Waals surface area contributed by atoms with Gasteiger partial charge in [-0.3, -0.25) is 9.13 Å². The van der Waals surface area contributed by atoms with Crippen LogP contribution in [0.25, 0.3) is 21.9 Å². The summed E-state index contributed by atoms with van der Waals surface area (Å²) in [5.74, 6) is 0.196. The van der Waals surface area contributed by atoms with E-state index in [2.05, 4.69) is 15.1 Å². The van der Waals surface area contributed by atoms with Crippen LogP contribution < -0.4 is 10.6 Å². The topological polar surface area (TPSA) is 96.3 Å². The van der Waals surface area contributed by atoms with Crippen LogP contribution in [-0.2, 0) is 13.6 Å². The van der Waals surface area contributed by atoms with Crippen molar-refractivity contribution in [1.29, 1.82) is 5.41 Å². The molecule has 1 N–H and O–H groups in total. The molecule has 2 aromatic heterocycles. The van der Waals surface area contributed by atoms with Gasteiger partial charge in [0.15, 0.2) is 5.65 Å². The number of nitrogens with zero attached hydrogens (tertiary/aromatic N) is 5. The van der Waals surface area contributed by atoms with Gasteiger partial charge < -0.3 is 10.3 Å². The van der Waals surface area contributed by atoms with Crippen molar-refractivity contribution in [2.24, 2.45) is 18.1 Å². The molecule has 0 radical (unpaired) electrons. The number of rotatable bonds is 5. The molecule has 4 aromatic rings. The van der Waals surface area contributed by atoms with E-state index < -0.39 is 0 Å². The predicted octanol–water partition coefficient (Wildman–Crippen LogP) is 4.20. The van der Waals surface area contributed by atoms with Gasteiger partial charge in [0.25, 0.3) is 0 Å². The predicted molar refractivity (Wildman–Crippen MR) is 127 cm³/mol. The molecule has 1 aliphatic rings. The van der Waals surface area contributed by atoms with Crippen molar-refractivity contribution in [2.75, 3.05) is 18.0 Å². The molecule has 162 valence electrons. The fourth-order valence-electron chi connectivity index (χ4n) is 4.78. The molecule has 32 heavy (non-hydrogen) atoms. The van der Waals surface area contributed by atoms with E-state index in [4.69, 9.17) is 5.41 Å². The number of benzene rings is 2. The Kier molecular flexibility index (Phi) is 5.05. The highest BCUT2D eigenvalue weighted by Gasteiger charge is 2.24. The molecule has 8 heteroatoms. The summed E-state index contributed by atoms with van der Waals surface area (Å²) in [6.07, 6.45) is 5.23. The number of pyridine rings is 1. The minimum absolute atomic E-state index is 0.189. The standard InChI is InChI=1S/C24H24N6O2/c1-28-23-22(20(10-11-26-23)29-12-4-5-16(13-25)14-29)30(24(28)31)15-18-9-8-17-6-2-3-7-19(17)21(18)27-32/h2-3,6-11,13,16,25H,4-5,12,14-15H2,1H3. The van der Waals surface area contributed by atoms with Crippen LogP contribution >= 0.6 is 0 Å². The number of nitrogens with one attached hydrogen (secondary N) is 1. The first kappa shape index (κ1) is 20.1. The molecule has 1 aliphatic heterocycles.